The predicted molar refractivity (Wildman–Crippen MR) is 72.2 cm³/mol. The highest BCUT2D eigenvalue weighted by molar-refractivity contribution is 5.38. The van der Waals surface area contributed by atoms with Crippen LogP contribution < -0.4 is 9.47 Å². The molecule has 5 nitrogen and oxygen atoms in total. The van der Waals surface area contributed by atoms with Crippen LogP contribution >= 0.6 is 0 Å². The molecule has 0 spiro atoms. The number of rotatable bonds is 4. The lowest BCUT2D eigenvalue weighted by atomic mass is 10.2. The van der Waals surface area contributed by atoms with Crippen LogP contribution in [-0.2, 0) is 0 Å². The van der Waals surface area contributed by atoms with E-state index in [4.69, 9.17) is 14.7 Å². The number of nitriles is 1. The van der Waals surface area contributed by atoms with Crippen molar-refractivity contribution in [3.05, 3.63) is 42.2 Å². The predicted octanol–water partition coefficient (Wildman–Crippen LogP) is 2.54. The summed E-state index contributed by atoms with van der Waals surface area (Å²) in [5.74, 6) is 6.75. The summed E-state index contributed by atoms with van der Waals surface area (Å²) in [6, 6.07) is 10.4. The summed E-state index contributed by atoms with van der Waals surface area (Å²) in [6.07, 6.45) is 1.35. The summed E-state index contributed by atoms with van der Waals surface area (Å²) in [7, 11) is 0. The van der Waals surface area contributed by atoms with E-state index in [1.807, 2.05) is 6.07 Å². The van der Waals surface area contributed by atoms with Crippen LogP contribution in [0.25, 0.3) is 0 Å². The molecule has 0 saturated carbocycles. The second-order valence-corrected chi connectivity index (χ2v) is 3.65. The molecule has 0 atom stereocenters. The first kappa shape index (κ1) is 13.4. The van der Waals surface area contributed by atoms with Gasteiger partial charge in [0.2, 0.25) is 11.8 Å². The second kappa shape index (κ2) is 6.77. The van der Waals surface area contributed by atoms with Gasteiger partial charge in [0.15, 0.2) is 6.61 Å². The third-order valence-corrected chi connectivity index (χ3v) is 2.27. The van der Waals surface area contributed by atoms with Crippen molar-refractivity contribution in [3.8, 4) is 35.4 Å². The first-order chi connectivity index (χ1) is 9.81. The van der Waals surface area contributed by atoms with E-state index in [-0.39, 0.29) is 6.61 Å². The van der Waals surface area contributed by atoms with Crippen LogP contribution in [0, 0.1) is 23.2 Å². The zero-order valence-electron chi connectivity index (χ0n) is 10.8. The third-order valence-electron chi connectivity index (χ3n) is 2.27. The highest BCUT2D eigenvalue weighted by atomic mass is 16.5. The van der Waals surface area contributed by atoms with Crippen molar-refractivity contribution >= 4 is 0 Å². The lowest BCUT2D eigenvalue weighted by Crippen LogP contribution is -1.97. The Morgan fingerprint density at radius 2 is 2.05 bits per heavy atom. The molecule has 98 valence electrons. The molecule has 0 bridgehead atoms. The Bertz CT molecular complexity index is 696. The van der Waals surface area contributed by atoms with Crippen LogP contribution in [0.3, 0.4) is 0 Å². The summed E-state index contributed by atoms with van der Waals surface area (Å²) >= 11 is 0. The molecule has 0 fully saturated rings. The van der Waals surface area contributed by atoms with Gasteiger partial charge in [-0.15, -0.1) is 5.92 Å². The topological polar surface area (TPSA) is 68.0 Å². The molecule has 0 aliphatic rings. The van der Waals surface area contributed by atoms with Crippen molar-refractivity contribution in [3.63, 3.8) is 0 Å². The van der Waals surface area contributed by atoms with Crippen molar-refractivity contribution in [2.75, 3.05) is 6.61 Å². The highest BCUT2D eigenvalue weighted by Crippen LogP contribution is 2.22. The Morgan fingerprint density at radius 3 is 2.85 bits per heavy atom. The fourth-order valence-corrected chi connectivity index (χ4v) is 1.39. The van der Waals surface area contributed by atoms with E-state index in [9.17, 15) is 0 Å². The van der Waals surface area contributed by atoms with E-state index in [2.05, 4.69) is 21.8 Å². The Labute approximate surface area is 116 Å². The molecule has 0 aliphatic carbocycles. The molecule has 0 amide bonds. The first-order valence-corrected chi connectivity index (χ1v) is 5.84. The number of ether oxygens (including phenoxy) is 2. The molecular weight excluding hydrogens is 254 g/mol. The molecule has 1 heterocycles. The molecule has 20 heavy (non-hydrogen) atoms. The van der Waals surface area contributed by atoms with Crippen LogP contribution in [0.5, 0.6) is 17.5 Å². The van der Waals surface area contributed by atoms with Gasteiger partial charge in [-0.2, -0.15) is 5.26 Å². The van der Waals surface area contributed by atoms with Gasteiger partial charge in [0.25, 0.3) is 0 Å². The van der Waals surface area contributed by atoms with Gasteiger partial charge in [-0.05, 0) is 25.1 Å². The SMILES string of the molecule is CC#CCOc1cc(Oc2cccc(C#N)c2)ncn1. The number of hydrogen-bond donors (Lipinski definition) is 0. The van der Waals surface area contributed by atoms with Gasteiger partial charge in [0.1, 0.15) is 12.1 Å². The van der Waals surface area contributed by atoms with Crippen molar-refractivity contribution in [2.45, 2.75) is 6.92 Å². The number of benzene rings is 1. The van der Waals surface area contributed by atoms with Crippen molar-refractivity contribution in [1.29, 1.82) is 5.26 Å². The molecule has 5 heteroatoms. The monoisotopic (exact) mass is 265 g/mol. The largest absolute Gasteiger partial charge is 0.464 e. The Balaban J connectivity index is 2.10. The molecule has 0 saturated heterocycles. The molecule has 0 aliphatic heterocycles. The molecule has 1 aromatic heterocycles. The fourth-order valence-electron chi connectivity index (χ4n) is 1.39. The van der Waals surface area contributed by atoms with Crippen LogP contribution in [0.15, 0.2) is 36.7 Å². The summed E-state index contributed by atoms with van der Waals surface area (Å²) in [5.41, 5.74) is 0.520. The minimum atomic E-state index is 0.261. The zero-order valence-corrected chi connectivity index (χ0v) is 10.8. The van der Waals surface area contributed by atoms with Gasteiger partial charge in [-0.3, -0.25) is 0 Å². The lowest BCUT2D eigenvalue weighted by Gasteiger charge is -2.06. The zero-order chi connectivity index (χ0) is 14.2. The Kier molecular flexibility index (Phi) is 4.53. The molecule has 1 aromatic carbocycles. The molecular formula is C15H11N3O2. The van der Waals surface area contributed by atoms with E-state index in [0.29, 0.717) is 23.1 Å². The van der Waals surface area contributed by atoms with E-state index in [1.165, 1.54) is 6.33 Å². The lowest BCUT2D eigenvalue weighted by molar-refractivity contribution is 0.349. The standard InChI is InChI=1S/C15H11N3O2/c1-2-3-7-19-14-9-15(18-11-17-14)20-13-6-4-5-12(8-13)10-16/h4-6,8-9,11H,7H2,1H3. The minimum Gasteiger partial charge on any atom is -0.464 e. The van der Waals surface area contributed by atoms with Gasteiger partial charge in [0.05, 0.1) is 17.7 Å². The maximum atomic E-state index is 8.83. The van der Waals surface area contributed by atoms with E-state index >= 15 is 0 Å². The quantitative estimate of drug-likeness (QED) is 0.794. The average molecular weight is 265 g/mol. The second-order valence-electron chi connectivity index (χ2n) is 3.65. The number of aromatic nitrogens is 2. The summed E-state index contributed by atoms with van der Waals surface area (Å²) in [6.45, 7) is 2.00. The van der Waals surface area contributed by atoms with Crippen molar-refractivity contribution in [2.24, 2.45) is 0 Å². The summed E-state index contributed by atoms with van der Waals surface area (Å²) in [5, 5.41) is 8.83. The van der Waals surface area contributed by atoms with Crippen molar-refractivity contribution < 1.29 is 9.47 Å². The third kappa shape index (κ3) is 3.72. The highest BCUT2D eigenvalue weighted by Gasteiger charge is 2.03. The van der Waals surface area contributed by atoms with Crippen LogP contribution in [0.1, 0.15) is 12.5 Å². The fraction of sp³-hybridized carbons (Fsp3) is 0.133. The minimum absolute atomic E-state index is 0.261. The van der Waals surface area contributed by atoms with E-state index in [0.717, 1.165) is 0 Å². The Hall–Kier alpha value is -3.05. The number of nitrogens with zero attached hydrogens (tertiary/aromatic N) is 3. The molecule has 2 rings (SSSR count). The van der Waals surface area contributed by atoms with Gasteiger partial charge in [-0.25, -0.2) is 9.97 Å². The molecule has 2 aromatic rings. The van der Waals surface area contributed by atoms with Crippen LogP contribution in [0.4, 0.5) is 0 Å². The molecule has 0 N–H and O–H groups in total. The summed E-state index contributed by atoms with van der Waals surface area (Å²) < 4.78 is 10.9. The van der Waals surface area contributed by atoms with Gasteiger partial charge >= 0.3 is 0 Å². The normalized spacial score (nSPS) is 9.00. The summed E-state index contributed by atoms with van der Waals surface area (Å²) in [4.78, 5) is 7.94. The first-order valence-electron chi connectivity index (χ1n) is 5.84. The van der Waals surface area contributed by atoms with Gasteiger partial charge in [0, 0.05) is 0 Å². The smallest absolute Gasteiger partial charge is 0.226 e. The maximum absolute atomic E-state index is 8.83. The maximum Gasteiger partial charge on any atom is 0.226 e. The van der Waals surface area contributed by atoms with Crippen LogP contribution in [-0.4, -0.2) is 16.6 Å². The van der Waals surface area contributed by atoms with Crippen LogP contribution in [0.2, 0.25) is 0 Å². The van der Waals surface area contributed by atoms with Crippen molar-refractivity contribution in [1.82, 2.24) is 9.97 Å². The molecule has 0 unspecified atom stereocenters. The Morgan fingerprint density at radius 1 is 1.20 bits per heavy atom. The van der Waals surface area contributed by atoms with Gasteiger partial charge in [-0.1, -0.05) is 12.0 Å². The average Bonchev–Trinajstić information content (AvgIpc) is 2.48. The van der Waals surface area contributed by atoms with E-state index in [1.54, 1.807) is 37.3 Å². The number of hydrogen-bond acceptors (Lipinski definition) is 5. The van der Waals surface area contributed by atoms with Gasteiger partial charge < -0.3 is 9.47 Å². The van der Waals surface area contributed by atoms with E-state index < -0.39 is 0 Å². The molecule has 0 radical (unpaired) electrons.